The van der Waals surface area contributed by atoms with Crippen LogP contribution < -0.4 is 5.32 Å². The molecule has 0 aliphatic carbocycles. The van der Waals surface area contributed by atoms with Crippen molar-refractivity contribution >= 4 is 23.5 Å². The number of aromatic nitrogens is 1. The van der Waals surface area contributed by atoms with Gasteiger partial charge in [0.15, 0.2) is 0 Å². The van der Waals surface area contributed by atoms with Crippen LogP contribution in [-0.2, 0) is 0 Å². The Balaban J connectivity index is 2.09. The Hall–Kier alpha value is -1.95. The fourth-order valence-corrected chi connectivity index (χ4v) is 2.69. The molecule has 0 aliphatic heterocycles. The number of nitrogens with zero attached hydrogens (tertiary/aromatic N) is 2. The third-order valence-corrected chi connectivity index (χ3v) is 4.19. The molecular formula is C16H21N3O2S. The standard InChI is InChI=1S/C16H21N3O2S/c1-11(10-22-4)19(3)16(20)18-14-7-5-6-13(8-14)15-17-9-12(2)21-15/h5-9,11H,10H2,1-4H3,(H,18,20)/t11-/m1/s1. The minimum Gasteiger partial charge on any atom is -0.441 e. The van der Waals surface area contributed by atoms with Gasteiger partial charge in [-0.05, 0) is 38.3 Å². The largest absolute Gasteiger partial charge is 0.441 e. The zero-order valence-corrected chi connectivity index (χ0v) is 14.1. The van der Waals surface area contributed by atoms with E-state index in [9.17, 15) is 4.79 Å². The zero-order valence-electron chi connectivity index (χ0n) is 13.3. The Morgan fingerprint density at radius 2 is 2.27 bits per heavy atom. The first-order chi connectivity index (χ1) is 10.5. The van der Waals surface area contributed by atoms with Gasteiger partial charge >= 0.3 is 6.03 Å². The van der Waals surface area contributed by atoms with E-state index in [0.29, 0.717) is 5.89 Å². The van der Waals surface area contributed by atoms with Crippen molar-refractivity contribution < 1.29 is 9.21 Å². The predicted molar refractivity (Wildman–Crippen MR) is 91.3 cm³/mol. The SMILES string of the molecule is CSC[C@@H](C)N(C)C(=O)Nc1cccc(-c2ncc(C)o2)c1. The van der Waals surface area contributed by atoms with Crippen LogP contribution in [0.5, 0.6) is 0 Å². The van der Waals surface area contributed by atoms with Crippen molar-refractivity contribution in [2.24, 2.45) is 0 Å². The van der Waals surface area contributed by atoms with E-state index in [1.54, 1.807) is 29.9 Å². The number of nitrogens with one attached hydrogen (secondary N) is 1. The number of benzene rings is 1. The number of hydrogen-bond donors (Lipinski definition) is 1. The number of carbonyl (C=O) groups is 1. The highest BCUT2D eigenvalue weighted by molar-refractivity contribution is 7.98. The molecule has 1 heterocycles. The van der Waals surface area contributed by atoms with Crippen LogP contribution in [0.2, 0.25) is 0 Å². The molecule has 0 saturated heterocycles. The molecule has 5 nitrogen and oxygen atoms in total. The van der Waals surface area contributed by atoms with E-state index in [1.807, 2.05) is 44.4 Å². The Labute approximate surface area is 135 Å². The molecule has 6 heteroatoms. The average molecular weight is 319 g/mol. The van der Waals surface area contributed by atoms with Gasteiger partial charge in [-0.1, -0.05) is 6.07 Å². The van der Waals surface area contributed by atoms with Gasteiger partial charge in [0.25, 0.3) is 0 Å². The summed E-state index contributed by atoms with van der Waals surface area (Å²) >= 11 is 1.72. The van der Waals surface area contributed by atoms with Gasteiger partial charge in [-0.25, -0.2) is 9.78 Å². The van der Waals surface area contributed by atoms with Crippen molar-refractivity contribution in [2.75, 3.05) is 24.4 Å². The first-order valence-corrected chi connectivity index (χ1v) is 8.46. The van der Waals surface area contributed by atoms with Gasteiger partial charge in [0.1, 0.15) is 5.76 Å². The third kappa shape index (κ3) is 4.04. The molecule has 0 spiro atoms. The van der Waals surface area contributed by atoms with E-state index in [1.165, 1.54) is 0 Å². The summed E-state index contributed by atoms with van der Waals surface area (Å²) in [6, 6.07) is 7.53. The second-order valence-corrected chi connectivity index (χ2v) is 6.11. The Bertz CT molecular complexity index is 642. The van der Waals surface area contributed by atoms with E-state index in [4.69, 9.17) is 4.42 Å². The quantitative estimate of drug-likeness (QED) is 0.909. The lowest BCUT2D eigenvalue weighted by Crippen LogP contribution is -2.39. The summed E-state index contributed by atoms with van der Waals surface area (Å²) in [6.45, 7) is 3.88. The molecular weight excluding hydrogens is 298 g/mol. The van der Waals surface area contributed by atoms with Crippen LogP contribution in [0.15, 0.2) is 34.9 Å². The molecule has 0 bridgehead atoms. The van der Waals surface area contributed by atoms with Crippen molar-refractivity contribution in [1.29, 1.82) is 0 Å². The number of hydrogen-bond acceptors (Lipinski definition) is 4. The number of oxazole rings is 1. The summed E-state index contributed by atoms with van der Waals surface area (Å²) in [5.74, 6) is 2.22. The molecule has 22 heavy (non-hydrogen) atoms. The van der Waals surface area contributed by atoms with Gasteiger partial charge in [-0.3, -0.25) is 0 Å². The molecule has 0 saturated carbocycles. The minimum absolute atomic E-state index is 0.123. The number of amides is 2. The average Bonchev–Trinajstić information content (AvgIpc) is 2.93. The first-order valence-electron chi connectivity index (χ1n) is 7.07. The molecule has 0 radical (unpaired) electrons. The van der Waals surface area contributed by atoms with Gasteiger partial charge in [0.05, 0.1) is 6.20 Å². The highest BCUT2D eigenvalue weighted by atomic mass is 32.2. The molecule has 1 aromatic heterocycles. The van der Waals surface area contributed by atoms with Crippen LogP contribution in [0.3, 0.4) is 0 Å². The van der Waals surface area contributed by atoms with Crippen molar-refractivity contribution in [1.82, 2.24) is 9.88 Å². The lowest BCUT2D eigenvalue weighted by molar-refractivity contribution is 0.212. The second kappa shape index (κ2) is 7.35. The van der Waals surface area contributed by atoms with Crippen LogP contribution >= 0.6 is 11.8 Å². The maximum Gasteiger partial charge on any atom is 0.321 e. The van der Waals surface area contributed by atoms with Crippen molar-refractivity contribution in [3.8, 4) is 11.5 Å². The first kappa shape index (κ1) is 16.4. The lowest BCUT2D eigenvalue weighted by atomic mass is 10.2. The van der Waals surface area contributed by atoms with E-state index in [2.05, 4.69) is 10.3 Å². The van der Waals surface area contributed by atoms with Gasteiger partial charge in [-0.2, -0.15) is 11.8 Å². The topological polar surface area (TPSA) is 58.4 Å². The molecule has 1 atom stereocenters. The van der Waals surface area contributed by atoms with E-state index in [-0.39, 0.29) is 12.1 Å². The molecule has 0 aliphatic rings. The Kier molecular flexibility index (Phi) is 5.49. The zero-order chi connectivity index (χ0) is 16.1. The molecule has 1 N–H and O–H groups in total. The smallest absolute Gasteiger partial charge is 0.321 e. The molecule has 1 aromatic carbocycles. The Morgan fingerprint density at radius 3 is 2.91 bits per heavy atom. The summed E-state index contributed by atoms with van der Waals surface area (Å²) in [5, 5.41) is 2.91. The fourth-order valence-electron chi connectivity index (χ4n) is 1.98. The summed E-state index contributed by atoms with van der Waals surface area (Å²) in [6.07, 6.45) is 3.71. The van der Waals surface area contributed by atoms with Gasteiger partial charge in [0.2, 0.25) is 5.89 Å². The van der Waals surface area contributed by atoms with Crippen molar-refractivity contribution in [2.45, 2.75) is 19.9 Å². The number of aryl methyl sites for hydroxylation is 1. The van der Waals surface area contributed by atoms with Gasteiger partial charge < -0.3 is 14.6 Å². The number of urea groups is 1. The summed E-state index contributed by atoms with van der Waals surface area (Å²) in [7, 11) is 1.80. The minimum atomic E-state index is -0.123. The van der Waals surface area contributed by atoms with Gasteiger partial charge in [0, 0.05) is 30.1 Å². The number of rotatable bonds is 5. The number of carbonyl (C=O) groups excluding carboxylic acids is 1. The van der Waals surface area contributed by atoms with Crippen molar-refractivity contribution in [3.05, 3.63) is 36.2 Å². The maximum absolute atomic E-state index is 12.2. The van der Waals surface area contributed by atoms with Crippen LogP contribution in [-0.4, -0.2) is 41.0 Å². The normalized spacial score (nSPS) is 12.0. The van der Waals surface area contributed by atoms with E-state index in [0.717, 1.165) is 22.8 Å². The van der Waals surface area contributed by atoms with Crippen LogP contribution in [0, 0.1) is 6.92 Å². The molecule has 2 amide bonds. The molecule has 118 valence electrons. The molecule has 0 unspecified atom stereocenters. The Morgan fingerprint density at radius 1 is 1.50 bits per heavy atom. The summed E-state index contributed by atoms with van der Waals surface area (Å²) in [4.78, 5) is 18.2. The molecule has 0 fully saturated rings. The van der Waals surface area contributed by atoms with Crippen LogP contribution in [0.25, 0.3) is 11.5 Å². The van der Waals surface area contributed by atoms with Crippen LogP contribution in [0.4, 0.5) is 10.5 Å². The summed E-state index contributed by atoms with van der Waals surface area (Å²) < 4.78 is 5.51. The van der Waals surface area contributed by atoms with Crippen molar-refractivity contribution in [3.63, 3.8) is 0 Å². The van der Waals surface area contributed by atoms with Gasteiger partial charge in [-0.15, -0.1) is 0 Å². The maximum atomic E-state index is 12.2. The predicted octanol–water partition coefficient (Wildman–Crippen LogP) is 3.87. The number of thioether (sulfide) groups is 1. The fraction of sp³-hybridized carbons (Fsp3) is 0.375. The molecule has 2 rings (SSSR count). The molecule has 2 aromatic rings. The van der Waals surface area contributed by atoms with E-state index < -0.39 is 0 Å². The second-order valence-electron chi connectivity index (χ2n) is 5.20. The summed E-state index contributed by atoms with van der Waals surface area (Å²) in [5.41, 5.74) is 1.56. The third-order valence-electron chi connectivity index (χ3n) is 3.37. The van der Waals surface area contributed by atoms with E-state index >= 15 is 0 Å². The highest BCUT2D eigenvalue weighted by Gasteiger charge is 2.15. The van der Waals surface area contributed by atoms with Crippen LogP contribution in [0.1, 0.15) is 12.7 Å². The number of anilines is 1. The lowest BCUT2D eigenvalue weighted by Gasteiger charge is -2.24. The monoisotopic (exact) mass is 319 g/mol. The highest BCUT2D eigenvalue weighted by Crippen LogP contribution is 2.22.